The number of benzene rings is 2. The second-order valence-electron chi connectivity index (χ2n) is 8.11. The molecule has 0 nitrogen and oxygen atoms in total. The van der Waals surface area contributed by atoms with Gasteiger partial charge in [-0.1, -0.05) is 88.4 Å². The Morgan fingerprint density at radius 2 is 0.957 bits per heavy atom. The zero-order valence-electron chi connectivity index (χ0n) is 14.3. The van der Waals surface area contributed by atoms with Gasteiger partial charge in [-0.3, -0.25) is 0 Å². The van der Waals surface area contributed by atoms with Gasteiger partial charge < -0.3 is 0 Å². The van der Waals surface area contributed by atoms with E-state index in [0.717, 1.165) is 0 Å². The van der Waals surface area contributed by atoms with Gasteiger partial charge in [0.05, 0.1) is 8.16 Å². The molecule has 0 aliphatic carbocycles. The standard InChI is InChI=1S/C21H24S2/c1-18(2)15-19(3,4)21(17-13-9-6-10-14-17)22-20(18,23-21)16-11-7-5-8-12-16/h5-14H,15H2,1-4H3. The van der Waals surface area contributed by atoms with Gasteiger partial charge in [0.25, 0.3) is 0 Å². The van der Waals surface area contributed by atoms with Gasteiger partial charge in [-0.05, 0) is 28.4 Å². The maximum Gasteiger partial charge on any atom is 0.0945 e. The number of thioether (sulfide) groups is 2. The third-order valence-corrected chi connectivity index (χ3v) is 10.9. The van der Waals surface area contributed by atoms with Crippen LogP contribution in [0.5, 0.6) is 0 Å². The van der Waals surface area contributed by atoms with Crippen molar-refractivity contribution in [3.05, 3.63) is 71.8 Å². The summed E-state index contributed by atoms with van der Waals surface area (Å²) in [6.45, 7) is 9.82. The average molecular weight is 341 g/mol. The molecule has 2 heteroatoms. The highest BCUT2D eigenvalue weighted by atomic mass is 32.3. The molecule has 2 bridgehead atoms. The molecule has 0 atom stereocenters. The largest absolute Gasteiger partial charge is 0.115 e. The lowest BCUT2D eigenvalue weighted by Crippen LogP contribution is -2.62. The summed E-state index contributed by atoms with van der Waals surface area (Å²) in [6, 6.07) is 22.2. The summed E-state index contributed by atoms with van der Waals surface area (Å²) in [5, 5.41) is 0. The summed E-state index contributed by atoms with van der Waals surface area (Å²) in [7, 11) is 0. The first-order valence-corrected chi connectivity index (χ1v) is 9.98. The lowest BCUT2D eigenvalue weighted by atomic mass is 9.67. The summed E-state index contributed by atoms with van der Waals surface area (Å²) < 4.78 is 0.333. The first-order chi connectivity index (χ1) is 10.8. The first-order valence-electron chi connectivity index (χ1n) is 8.34. The highest BCUT2D eigenvalue weighted by molar-refractivity contribution is 8.34. The van der Waals surface area contributed by atoms with Crippen LogP contribution in [0.4, 0.5) is 0 Å². The maximum atomic E-state index is 2.45. The summed E-state index contributed by atoms with van der Waals surface area (Å²) in [5.74, 6) is 0. The number of fused-ring (bicyclic) bond motifs is 2. The van der Waals surface area contributed by atoms with Crippen LogP contribution in [0.1, 0.15) is 45.2 Å². The number of hydrogen-bond donors (Lipinski definition) is 0. The highest BCUT2D eigenvalue weighted by Crippen LogP contribution is 2.88. The molecule has 0 N–H and O–H groups in total. The Kier molecular flexibility index (Phi) is 3.29. The third-order valence-electron chi connectivity index (χ3n) is 5.55. The quantitative estimate of drug-likeness (QED) is 0.602. The molecule has 2 aromatic rings. The van der Waals surface area contributed by atoms with Crippen molar-refractivity contribution < 1.29 is 0 Å². The monoisotopic (exact) mass is 340 g/mol. The fourth-order valence-electron chi connectivity index (χ4n) is 4.63. The molecule has 3 saturated heterocycles. The Morgan fingerprint density at radius 3 is 1.30 bits per heavy atom. The molecule has 0 radical (unpaired) electrons. The van der Waals surface area contributed by atoms with E-state index in [2.05, 4.69) is 112 Å². The maximum absolute atomic E-state index is 2.45. The molecule has 2 aromatic carbocycles. The van der Waals surface area contributed by atoms with Crippen LogP contribution in [-0.2, 0) is 8.16 Å². The fourth-order valence-corrected chi connectivity index (χ4v) is 9.12. The van der Waals surface area contributed by atoms with Crippen molar-refractivity contribution in [3.8, 4) is 0 Å². The molecule has 0 aromatic heterocycles. The molecule has 5 rings (SSSR count). The summed E-state index contributed by atoms with van der Waals surface area (Å²) in [5.41, 5.74) is 3.48. The van der Waals surface area contributed by atoms with Gasteiger partial charge in [0.15, 0.2) is 0 Å². The van der Waals surface area contributed by atoms with Crippen molar-refractivity contribution in [1.82, 2.24) is 0 Å². The predicted molar refractivity (Wildman–Crippen MR) is 104 cm³/mol. The smallest absolute Gasteiger partial charge is 0.0945 e. The molecule has 3 heterocycles. The molecule has 0 amide bonds. The van der Waals surface area contributed by atoms with Crippen LogP contribution in [0.15, 0.2) is 60.7 Å². The van der Waals surface area contributed by atoms with Gasteiger partial charge in [0.1, 0.15) is 0 Å². The second kappa shape index (κ2) is 4.83. The molecule has 23 heavy (non-hydrogen) atoms. The minimum atomic E-state index is 0.166. The lowest BCUT2D eigenvalue weighted by Gasteiger charge is -2.72. The summed E-state index contributed by atoms with van der Waals surface area (Å²) in [6.07, 6.45) is 1.24. The van der Waals surface area contributed by atoms with Crippen LogP contribution in [0.2, 0.25) is 0 Å². The Bertz CT molecular complexity index is 649. The zero-order chi connectivity index (χ0) is 16.3. The molecule has 3 aliphatic rings. The fraction of sp³-hybridized carbons (Fsp3) is 0.429. The first kappa shape index (κ1) is 15.7. The van der Waals surface area contributed by atoms with Gasteiger partial charge in [0, 0.05) is 0 Å². The average Bonchev–Trinajstić information content (AvgIpc) is 2.46. The van der Waals surface area contributed by atoms with Gasteiger partial charge in [0.2, 0.25) is 0 Å². The van der Waals surface area contributed by atoms with E-state index >= 15 is 0 Å². The van der Waals surface area contributed by atoms with E-state index in [0.29, 0.717) is 0 Å². The van der Waals surface area contributed by atoms with E-state index in [1.54, 1.807) is 0 Å². The Labute approximate surface area is 148 Å². The molecular formula is C21H24S2. The molecule has 0 spiro atoms. The van der Waals surface area contributed by atoms with Crippen LogP contribution in [0, 0.1) is 10.8 Å². The van der Waals surface area contributed by atoms with E-state index in [1.807, 2.05) is 0 Å². The van der Waals surface area contributed by atoms with Crippen LogP contribution in [-0.4, -0.2) is 0 Å². The van der Waals surface area contributed by atoms with Crippen LogP contribution in [0.3, 0.4) is 0 Å². The molecule has 0 unspecified atom stereocenters. The van der Waals surface area contributed by atoms with E-state index in [4.69, 9.17) is 0 Å². The van der Waals surface area contributed by atoms with Crippen molar-refractivity contribution in [2.75, 3.05) is 0 Å². The number of hydrogen-bond acceptors (Lipinski definition) is 2. The third kappa shape index (κ3) is 1.94. The summed E-state index contributed by atoms with van der Waals surface area (Å²) >= 11 is 4.39. The summed E-state index contributed by atoms with van der Waals surface area (Å²) in [4.78, 5) is 0. The van der Waals surface area contributed by atoms with Crippen LogP contribution < -0.4 is 0 Å². The van der Waals surface area contributed by atoms with Crippen LogP contribution in [0.25, 0.3) is 0 Å². The van der Waals surface area contributed by atoms with Crippen molar-refractivity contribution in [2.45, 2.75) is 42.3 Å². The van der Waals surface area contributed by atoms with Crippen LogP contribution >= 0.6 is 23.5 Å². The highest BCUT2D eigenvalue weighted by Gasteiger charge is 2.74. The predicted octanol–water partition coefficient (Wildman–Crippen LogP) is 6.63. The van der Waals surface area contributed by atoms with Gasteiger partial charge in [-0.2, -0.15) is 0 Å². The Morgan fingerprint density at radius 1 is 0.609 bits per heavy atom. The van der Waals surface area contributed by atoms with E-state index in [9.17, 15) is 0 Å². The second-order valence-corrected chi connectivity index (χ2v) is 11.5. The Hall–Kier alpha value is -0.860. The zero-order valence-corrected chi connectivity index (χ0v) is 15.9. The molecular weight excluding hydrogens is 316 g/mol. The van der Waals surface area contributed by atoms with Crippen molar-refractivity contribution in [1.29, 1.82) is 0 Å². The number of rotatable bonds is 2. The molecule has 3 fully saturated rings. The Balaban J connectivity index is 1.85. The van der Waals surface area contributed by atoms with Gasteiger partial charge >= 0.3 is 0 Å². The van der Waals surface area contributed by atoms with Gasteiger partial charge in [-0.25, -0.2) is 0 Å². The van der Waals surface area contributed by atoms with E-state index < -0.39 is 0 Å². The molecule has 0 saturated carbocycles. The minimum absolute atomic E-state index is 0.166. The normalized spacial score (nSPS) is 33.7. The van der Waals surface area contributed by atoms with Crippen molar-refractivity contribution >= 4 is 23.5 Å². The molecule has 3 aliphatic heterocycles. The van der Waals surface area contributed by atoms with E-state index in [1.165, 1.54) is 17.5 Å². The topological polar surface area (TPSA) is 0 Å². The van der Waals surface area contributed by atoms with Crippen molar-refractivity contribution in [3.63, 3.8) is 0 Å². The SMILES string of the molecule is CC1(C)CC(C)(C)C2(c3ccccc3)SC1(c1ccccc1)S2. The molecule has 120 valence electrons. The van der Waals surface area contributed by atoms with E-state index in [-0.39, 0.29) is 19.0 Å². The minimum Gasteiger partial charge on any atom is -0.115 e. The van der Waals surface area contributed by atoms with Gasteiger partial charge in [-0.15, -0.1) is 23.5 Å². The lowest BCUT2D eigenvalue weighted by molar-refractivity contribution is 0.123. The van der Waals surface area contributed by atoms with Crippen molar-refractivity contribution in [2.24, 2.45) is 10.8 Å².